The number of aliphatic hydroxyl groups excluding tert-OH is 1. The van der Waals surface area contributed by atoms with Crippen molar-refractivity contribution in [3.63, 3.8) is 0 Å². The van der Waals surface area contributed by atoms with Crippen LogP contribution in [0.15, 0.2) is 67.8 Å². The fraction of sp³-hybridized carbons (Fsp3) is 0.485. The Bertz CT molecular complexity index is 1350. The van der Waals surface area contributed by atoms with E-state index >= 15 is 0 Å². The van der Waals surface area contributed by atoms with E-state index in [-0.39, 0.29) is 42.9 Å². The maximum atomic E-state index is 14.7. The average Bonchev–Trinajstić information content (AvgIpc) is 3.58. The first-order chi connectivity index (χ1) is 20.4. The minimum atomic E-state index is -1.17. The van der Waals surface area contributed by atoms with Gasteiger partial charge in [-0.25, -0.2) is 0 Å². The number of likely N-dealkylation sites (tertiary alicyclic amines) is 1. The number of hydrogen-bond acceptors (Lipinski definition) is 6. The highest BCUT2D eigenvalue weighted by molar-refractivity contribution is 9.09. The van der Waals surface area contributed by atoms with Crippen LogP contribution in [0.4, 0.5) is 5.69 Å². The molecule has 2 bridgehead atoms. The van der Waals surface area contributed by atoms with Crippen LogP contribution in [0, 0.1) is 11.8 Å². The highest BCUT2D eigenvalue weighted by Gasteiger charge is 2.77. The summed E-state index contributed by atoms with van der Waals surface area (Å²) in [7, 11) is 0. The number of fused-ring (bicyclic) bond motifs is 2. The number of carbonyl (C=O) groups excluding carboxylic acids is 3. The molecule has 1 spiro atoms. The van der Waals surface area contributed by atoms with Crippen molar-refractivity contribution in [2.45, 2.75) is 61.1 Å². The Balaban J connectivity index is 1.49. The second-order valence-electron chi connectivity index (χ2n) is 11.3. The third kappa shape index (κ3) is 5.42. The van der Waals surface area contributed by atoms with Crippen LogP contribution >= 0.6 is 15.9 Å². The zero-order valence-electron chi connectivity index (χ0n) is 23.8. The summed E-state index contributed by atoms with van der Waals surface area (Å²) in [5.74, 6) is -2.62. The van der Waals surface area contributed by atoms with Crippen molar-refractivity contribution in [2.24, 2.45) is 11.8 Å². The van der Waals surface area contributed by atoms with Gasteiger partial charge in [-0.15, -0.1) is 13.2 Å². The first kappa shape index (κ1) is 30.4. The predicted octanol–water partition coefficient (Wildman–Crippen LogP) is 4.78. The number of benzene rings is 2. The van der Waals surface area contributed by atoms with Gasteiger partial charge in [0.05, 0.1) is 24.5 Å². The molecular formula is C33H39BrN2O6. The summed E-state index contributed by atoms with van der Waals surface area (Å²) in [5.41, 5.74) is -0.478. The van der Waals surface area contributed by atoms with Gasteiger partial charge in [0, 0.05) is 30.2 Å². The third-order valence-electron chi connectivity index (χ3n) is 8.77. The Kier molecular flexibility index (Phi) is 9.50. The predicted molar refractivity (Wildman–Crippen MR) is 165 cm³/mol. The molecule has 3 unspecified atom stereocenters. The quantitative estimate of drug-likeness (QED) is 0.138. The molecular weight excluding hydrogens is 600 g/mol. The number of allylic oxidation sites excluding steroid dienone is 1. The van der Waals surface area contributed by atoms with Gasteiger partial charge >= 0.3 is 5.97 Å². The molecule has 5 rings (SSSR count). The molecule has 8 nitrogen and oxygen atoms in total. The van der Waals surface area contributed by atoms with Crippen LogP contribution in [0.5, 0.6) is 0 Å². The molecule has 0 radical (unpaired) electrons. The molecule has 3 aliphatic heterocycles. The van der Waals surface area contributed by atoms with Crippen LogP contribution in [0.3, 0.4) is 0 Å². The number of alkyl halides is 1. The summed E-state index contributed by atoms with van der Waals surface area (Å²) in [6.45, 7) is 8.37. The Morgan fingerprint density at radius 1 is 1.12 bits per heavy atom. The van der Waals surface area contributed by atoms with Gasteiger partial charge in [-0.1, -0.05) is 58.4 Å². The summed E-state index contributed by atoms with van der Waals surface area (Å²) in [6.07, 6.45) is 6.76. The van der Waals surface area contributed by atoms with Crippen molar-refractivity contribution in [3.05, 3.63) is 67.8 Å². The highest BCUT2D eigenvalue weighted by Crippen LogP contribution is 2.60. The van der Waals surface area contributed by atoms with E-state index in [2.05, 4.69) is 29.1 Å². The van der Waals surface area contributed by atoms with Crippen LogP contribution in [0.2, 0.25) is 0 Å². The zero-order valence-corrected chi connectivity index (χ0v) is 25.4. The molecule has 42 heavy (non-hydrogen) atoms. The number of anilines is 1. The summed E-state index contributed by atoms with van der Waals surface area (Å²) in [5, 5.41) is 11.5. The van der Waals surface area contributed by atoms with Crippen molar-refractivity contribution < 1.29 is 29.0 Å². The van der Waals surface area contributed by atoms with E-state index in [0.717, 1.165) is 23.6 Å². The normalized spacial score (nSPS) is 27.7. The first-order valence-corrected chi connectivity index (χ1v) is 15.7. The van der Waals surface area contributed by atoms with Gasteiger partial charge in [0.15, 0.2) is 0 Å². The highest BCUT2D eigenvalue weighted by atomic mass is 79.9. The Labute approximate surface area is 255 Å². The largest absolute Gasteiger partial charge is 0.465 e. The number of hydrogen-bond donors (Lipinski definition) is 1. The SMILES string of the molecule is C=CCCCCOC(=O)[C@H]1[C@H]2C(=O)N(CCCCO)C(C(=O)N(CC=C)c3ccc4ccccc4c3)C23CC(Br)[C@@H]1O3. The fourth-order valence-corrected chi connectivity index (χ4v) is 7.86. The first-order valence-electron chi connectivity index (χ1n) is 14.8. The van der Waals surface area contributed by atoms with Crippen LogP contribution in [0.1, 0.15) is 38.5 Å². The van der Waals surface area contributed by atoms with Gasteiger partial charge in [-0.2, -0.15) is 0 Å². The number of unbranched alkanes of at least 4 members (excludes halogenated alkanes) is 3. The Morgan fingerprint density at radius 2 is 1.90 bits per heavy atom. The third-order valence-corrected chi connectivity index (χ3v) is 9.62. The molecule has 3 saturated heterocycles. The maximum Gasteiger partial charge on any atom is 0.312 e. The topological polar surface area (TPSA) is 96.4 Å². The van der Waals surface area contributed by atoms with Crippen LogP contribution in [0.25, 0.3) is 10.8 Å². The molecule has 9 heteroatoms. The van der Waals surface area contributed by atoms with E-state index in [4.69, 9.17) is 9.47 Å². The molecule has 3 fully saturated rings. The average molecular weight is 640 g/mol. The lowest BCUT2D eigenvalue weighted by molar-refractivity contribution is -0.155. The minimum Gasteiger partial charge on any atom is -0.465 e. The number of halogens is 1. The maximum absolute atomic E-state index is 14.7. The number of rotatable bonds is 14. The van der Waals surface area contributed by atoms with E-state index in [9.17, 15) is 19.5 Å². The van der Waals surface area contributed by atoms with Gasteiger partial charge in [0.1, 0.15) is 11.6 Å². The summed E-state index contributed by atoms with van der Waals surface area (Å²) >= 11 is 3.71. The van der Waals surface area contributed by atoms with E-state index < -0.39 is 35.6 Å². The summed E-state index contributed by atoms with van der Waals surface area (Å²) in [4.78, 5) is 45.3. The lowest BCUT2D eigenvalue weighted by atomic mass is 9.70. The second kappa shape index (κ2) is 13.1. The molecule has 224 valence electrons. The van der Waals surface area contributed by atoms with Crippen LogP contribution in [-0.4, -0.2) is 76.7 Å². The molecule has 0 saturated carbocycles. The van der Waals surface area contributed by atoms with Crippen LogP contribution in [-0.2, 0) is 23.9 Å². The summed E-state index contributed by atoms with van der Waals surface area (Å²) in [6, 6.07) is 12.8. The standard InChI is InChI=1S/C33H39BrN2O6/c1-3-5-6-11-19-41-32(40)26-27-30(38)36(17-9-10-18-37)29(33(27)21-25(34)28(26)42-33)31(39)35(16-4-2)24-15-14-22-12-7-8-13-23(22)20-24/h3-4,7-8,12-15,20,25-29,37H,1-2,5-6,9-11,16-19,21H2/t25?,26-,27-,28-,29?,33?/m0/s1. The minimum absolute atomic E-state index is 0.0161. The fourth-order valence-electron chi connectivity index (χ4n) is 6.92. The molecule has 2 amide bonds. The number of ether oxygens (including phenoxy) is 2. The molecule has 3 heterocycles. The van der Waals surface area contributed by atoms with Gasteiger partial charge < -0.3 is 24.4 Å². The molecule has 2 aromatic carbocycles. The van der Waals surface area contributed by atoms with Gasteiger partial charge in [-0.05, 0) is 61.4 Å². The Hall–Kier alpha value is -3.01. The molecule has 6 atom stereocenters. The molecule has 0 aliphatic carbocycles. The number of carbonyl (C=O) groups is 3. The number of aliphatic hydroxyl groups is 1. The molecule has 1 N–H and O–H groups in total. The number of esters is 1. The van der Waals surface area contributed by atoms with Crippen molar-refractivity contribution in [3.8, 4) is 0 Å². The Morgan fingerprint density at radius 3 is 2.64 bits per heavy atom. The van der Waals surface area contributed by atoms with Gasteiger partial charge in [0.2, 0.25) is 5.91 Å². The lowest BCUT2D eigenvalue weighted by Crippen LogP contribution is -2.57. The lowest BCUT2D eigenvalue weighted by Gasteiger charge is -2.37. The van der Waals surface area contributed by atoms with Crippen LogP contribution < -0.4 is 4.90 Å². The molecule has 0 aromatic heterocycles. The van der Waals surface area contributed by atoms with Crippen molar-refractivity contribution in [1.82, 2.24) is 4.90 Å². The van der Waals surface area contributed by atoms with Crippen molar-refractivity contribution >= 4 is 50.2 Å². The molecule has 2 aromatic rings. The number of nitrogens with zero attached hydrogens (tertiary/aromatic N) is 2. The zero-order chi connectivity index (χ0) is 29.9. The second-order valence-corrected chi connectivity index (χ2v) is 12.5. The molecule has 3 aliphatic rings. The van der Waals surface area contributed by atoms with E-state index in [1.165, 1.54) is 0 Å². The van der Waals surface area contributed by atoms with E-state index in [0.29, 0.717) is 31.4 Å². The van der Waals surface area contributed by atoms with Gasteiger partial charge in [-0.3, -0.25) is 14.4 Å². The number of amides is 2. The van der Waals surface area contributed by atoms with Crippen molar-refractivity contribution in [1.29, 1.82) is 0 Å². The van der Waals surface area contributed by atoms with E-state index in [1.54, 1.807) is 15.9 Å². The van der Waals surface area contributed by atoms with Crippen molar-refractivity contribution in [2.75, 3.05) is 31.2 Å². The monoisotopic (exact) mass is 638 g/mol. The van der Waals surface area contributed by atoms with E-state index in [1.807, 2.05) is 48.5 Å². The van der Waals surface area contributed by atoms with Gasteiger partial charge in [0.25, 0.3) is 5.91 Å². The summed E-state index contributed by atoms with van der Waals surface area (Å²) < 4.78 is 12.3. The smallest absolute Gasteiger partial charge is 0.312 e.